The van der Waals surface area contributed by atoms with Crippen molar-refractivity contribution < 1.29 is 19.1 Å². The molecule has 0 heterocycles. The Morgan fingerprint density at radius 1 is 0.815 bits per heavy atom. The van der Waals surface area contributed by atoms with Crippen molar-refractivity contribution in [2.24, 2.45) is 5.11 Å². The van der Waals surface area contributed by atoms with Gasteiger partial charge in [0, 0.05) is 17.4 Å². The first-order valence-corrected chi connectivity index (χ1v) is 8.72. The van der Waals surface area contributed by atoms with Crippen molar-refractivity contribution in [1.82, 2.24) is 0 Å². The van der Waals surface area contributed by atoms with Crippen molar-refractivity contribution in [3.05, 3.63) is 82.2 Å². The van der Waals surface area contributed by atoms with Crippen LogP contribution in [-0.4, -0.2) is 30.2 Å². The zero-order valence-electron chi connectivity index (χ0n) is 14.6. The maximum atomic E-state index is 12.3. The second-order valence-corrected chi connectivity index (χ2v) is 6.35. The van der Waals surface area contributed by atoms with Crippen LogP contribution in [0.5, 0.6) is 0 Å². The highest BCUT2D eigenvalue weighted by molar-refractivity contribution is 5.90. The third-order valence-corrected chi connectivity index (χ3v) is 4.38. The van der Waals surface area contributed by atoms with Crippen molar-refractivity contribution in [2.45, 2.75) is 37.5 Å². The third-order valence-electron chi connectivity index (χ3n) is 4.38. The van der Waals surface area contributed by atoms with Gasteiger partial charge in [-0.05, 0) is 42.6 Å². The lowest BCUT2D eigenvalue weighted by Gasteiger charge is -2.32. The normalized spacial score (nSPS) is 21.6. The Morgan fingerprint density at radius 2 is 1.26 bits per heavy atom. The standard InChI is InChI=1S/C20H19N3O4/c21-23-22-16-11-17(26-19(24)14-7-3-1-4-8-14)13-18(12-16)27-20(25)15-9-5-2-6-10-15/h1-10,16-18H,11-13H2/t17-,18-/m1/s1. The number of rotatable bonds is 5. The summed E-state index contributed by atoms with van der Waals surface area (Å²) in [6, 6.07) is 16.9. The summed E-state index contributed by atoms with van der Waals surface area (Å²) in [4.78, 5) is 27.4. The molecule has 1 aliphatic rings. The highest BCUT2D eigenvalue weighted by Crippen LogP contribution is 2.28. The minimum absolute atomic E-state index is 0.370. The highest BCUT2D eigenvalue weighted by Gasteiger charge is 2.33. The number of ether oxygens (including phenoxy) is 2. The van der Waals surface area contributed by atoms with Gasteiger partial charge in [-0.1, -0.05) is 41.5 Å². The summed E-state index contributed by atoms with van der Waals surface area (Å²) in [6.07, 6.45) is 0.199. The molecule has 0 amide bonds. The number of benzene rings is 2. The zero-order valence-corrected chi connectivity index (χ0v) is 14.6. The first-order chi connectivity index (χ1) is 13.2. The molecule has 1 fully saturated rings. The average molecular weight is 365 g/mol. The lowest BCUT2D eigenvalue weighted by atomic mass is 9.90. The lowest BCUT2D eigenvalue weighted by Crippen LogP contribution is -2.37. The molecule has 0 saturated heterocycles. The maximum absolute atomic E-state index is 12.3. The number of hydrogen-bond donors (Lipinski definition) is 0. The maximum Gasteiger partial charge on any atom is 0.338 e. The van der Waals surface area contributed by atoms with Gasteiger partial charge >= 0.3 is 11.9 Å². The van der Waals surface area contributed by atoms with E-state index >= 15 is 0 Å². The molecule has 1 aliphatic carbocycles. The van der Waals surface area contributed by atoms with Crippen LogP contribution < -0.4 is 0 Å². The molecule has 0 unspecified atom stereocenters. The number of carbonyl (C=O) groups excluding carboxylic acids is 2. The fourth-order valence-electron chi connectivity index (χ4n) is 3.14. The van der Waals surface area contributed by atoms with Gasteiger partial charge in [0.05, 0.1) is 11.1 Å². The molecule has 2 aromatic carbocycles. The molecule has 7 heteroatoms. The molecule has 3 rings (SSSR count). The van der Waals surface area contributed by atoms with Crippen LogP contribution in [0.15, 0.2) is 65.8 Å². The van der Waals surface area contributed by atoms with Crippen LogP contribution in [0.25, 0.3) is 10.4 Å². The summed E-state index contributed by atoms with van der Waals surface area (Å²) in [6.45, 7) is 0. The Kier molecular flexibility index (Phi) is 6.07. The van der Waals surface area contributed by atoms with Crippen molar-refractivity contribution in [3.8, 4) is 0 Å². The van der Waals surface area contributed by atoms with Crippen LogP contribution in [-0.2, 0) is 9.47 Å². The van der Waals surface area contributed by atoms with Crippen molar-refractivity contribution in [1.29, 1.82) is 0 Å². The second-order valence-electron chi connectivity index (χ2n) is 6.35. The highest BCUT2D eigenvalue weighted by atomic mass is 16.6. The van der Waals surface area contributed by atoms with Gasteiger partial charge in [-0.2, -0.15) is 0 Å². The molecule has 0 spiro atoms. The van der Waals surface area contributed by atoms with Gasteiger partial charge in [0.1, 0.15) is 12.2 Å². The lowest BCUT2D eigenvalue weighted by molar-refractivity contribution is -0.0215. The fourth-order valence-corrected chi connectivity index (χ4v) is 3.14. The van der Waals surface area contributed by atoms with Crippen LogP contribution in [0.4, 0.5) is 0 Å². The summed E-state index contributed by atoms with van der Waals surface area (Å²) >= 11 is 0. The molecule has 0 N–H and O–H groups in total. The van der Waals surface area contributed by atoms with Gasteiger partial charge in [0.25, 0.3) is 0 Å². The number of nitrogens with zero attached hydrogens (tertiary/aromatic N) is 3. The van der Waals surface area contributed by atoms with E-state index in [4.69, 9.17) is 15.0 Å². The zero-order chi connectivity index (χ0) is 19.1. The molecular formula is C20H19N3O4. The number of hydrogen-bond acceptors (Lipinski definition) is 5. The van der Waals surface area contributed by atoms with E-state index in [0.29, 0.717) is 30.4 Å². The van der Waals surface area contributed by atoms with Gasteiger partial charge in [0.15, 0.2) is 0 Å². The molecule has 138 valence electrons. The summed E-state index contributed by atoms with van der Waals surface area (Å²) < 4.78 is 11.1. The van der Waals surface area contributed by atoms with E-state index in [-0.39, 0.29) is 0 Å². The van der Waals surface area contributed by atoms with Crippen LogP contribution in [0.3, 0.4) is 0 Å². The van der Waals surface area contributed by atoms with E-state index in [0.717, 1.165) is 0 Å². The second kappa shape index (κ2) is 8.87. The van der Waals surface area contributed by atoms with E-state index in [1.54, 1.807) is 48.5 Å². The van der Waals surface area contributed by atoms with Crippen LogP contribution in [0.1, 0.15) is 40.0 Å². The first kappa shape index (κ1) is 18.5. The summed E-state index contributed by atoms with van der Waals surface area (Å²) in [5, 5.41) is 3.74. The predicted octanol–water partition coefficient (Wildman–Crippen LogP) is 4.30. The smallest absolute Gasteiger partial charge is 0.338 e. The minimum Gasteiger partial charge on any atom is -0.459 e. The average Bonchev–Trinajstić information content (AvgIpc) is 2.69. The molecule has 1 saturated carbocycles. The molecule has 2 aromatic rings. The summed E-state index contributed by atoms with van der Waals surface area (Å²) in [5.41, 5.74) is 9.64. The van der Waals surface area contributed by atoms with Gasteiger partial charge in [0.2, 0.25) is 0 Å². The van der Waals surface area contributed by atoms with Crippen LogP contribution in [0.2, 0.25) is 0 Å². The molecule has 2 atom stereocenters. The Labute approximate surface area is 156 Å². The summed E-state index contributed by atoms with van der Waals surface area (Å²) in [7, 11) is 0. The van der Waals surface area contributed by atoms with E-state index in [9.17, 15) is 9.59 Å². The van der Waals surface area contributed by atoms with Crippen LogP contribution in [0, 0.1) is 0 Å². The Morgan fingerprint density at radius 3 is 1.67 bits per heavy atom. The van der Waals surface area contributed by atoms with E-state index in [2.05, 4.69) is 10.0 Å². The van der Waals surface area contributed by atoms with Crippen molar-refractivity contribution >= 4 is 11.9 Å². The van der Waals surface area contributed by atoms with Crippen molar-refractivity contribution in [3.63, 3.8) is 0 Å². The molecule has 0 aliphatic heterocycles. The Bertz CT molecular complexity index is 773. The van der Waals surface area contributed by atoms with Crippen LogP contribution >= 0.6 is 0 Å². The fraction of sp³-hybridized carbons (Fsp3) is 0.300. The number of azide groups is 1. The van der Waals surface area contributed by atoms with Crippen molar-refractivity contribution in [2.75, 3.05) is 0 Å². The van der Waals surface area contributed by atoms with Gasteiger partial charge in [-0.3, -0.25) is 0 Å². The largest absolute Gasteiger partial charge is 0.459 e. The van der Waals surface area contributed by atoms with Gasteiger partial charge in [-0.15, -0.1) is 0 Å². The quantitative estimate of drug-likeness (QED) is 0.341. The predicted molar refractivity (Wildman–Crippen MR) is 98.1 cm³/mol. The monoisotopic (exact) mass is 365 g/mol. The summed E-state index contributed by atoms with van der Waals surface area (Å²) in [5.74, 6) is -0.898. The van der Waals surface area contributed by atoms with E-state index in [1.807, 2.05) is 12.1 Å². The molecule has 0 aromatic heterocycles. The van der Waals surface area contributed by atoms with Gasteiger partial charge in [-0.25, -0.2) is 9.59 Å². The molecule has 27 heavy (non-hydrogen) atoms. The van der Waals surface area contributed by atoms with E-state index < -0.39 is 30.2 Å². The molecule has 0 bridgehead atoms. The SMILES string of the molecule is [N-]=[N+]=NC1C[C@@H](OC(=O)c2ccccc2)C[C@H](OC(=O)c2ccccc2)C1. The van der Waals surface area contributed by atoms with Gasteiger partial charge < -0.3 is 9.47 Å². The molecule has 7 nitrogen and oxygen atoms in total. The Hall–Kier alpha value is -3.31. The number of carbonyl (C=O) groups is 2. The number of esters is 2. The van der Waals surface area contributed by atoms with E-state index in [1.165, 1.54) is 0 Å². The minimum atomic E-state index is -0.490. The Balaban J connectivity index is 1.67. The topological polar surface area (TPSA) is 101 Å². The third kappa shape index (κ3) is 5.09. The molecule has 0 radical (unpaired) electrons. The first-order valence-electron chi connectivity index (χ1n) is 8.72. The molecular weight excluding hydrogens is 346 g/mol.